The molecule has 4 heterocycles. The number of hydrogen-bond donors (Lipinski definition) is 1. The largest absolute Gasteiger partial charge is 0.364 e. The van der Waals surface area contributed by atoms with Crippen molar-refractivity contribution in [2.24, 2.45) is 0 Å². The van der Waals surface area contributed by atoms with Crippen LogP contribution in [0.2, 0.25) is 0 Å². The van der Waals surface area contributed by atoms with E-state index in [-0.39, 0.29) is 11.9 Å². The molecule has 0 spiro atoms. The highest BCUT2D eigenvalue weighted by molar-refractivity contribution is 6.01. The highest BCUT2D eigenvalue weighted by Gasteiger charge is 2.29. The van der Waals surface area contributed by atoms with E-state index in [1.165, 1.54) is 12.1 Å². The summed E-state index contributed by atoms with van der Waals surface area (Å²) in [6.45, 7) is 6.23. The SMILES string of the molecule is CN1CCN(CCNC(=O)c2cnn3ccc(N4CCC[C@@H]4c4cc(F)ccc4F)cc23)CC1. The van der Waals surface area contributed by atoms with Crippen LogP contribution in [-0.4, -0.2) is 78.2 Å². The third-order valence-electron chi connectivity index (χ3n) is 6.96. The van der Waals surface area contributed by atoms with Gasteiger partial charge in [-0.05, 0) is 50.2 Å². The standard InChI is InChI=1S/C25H30F2N6O/c1-30-11-13-31(14-12-30)10-7-28-25(34)21-17-29-33-9-6-19(16-24(21)33)32-8-2-3-23(32)20-15-18(26)4-5-22(20)27/h4-6,9,15-17,23H,2-3,7-8,10-14H2,1H3,(H,28,34)/t23-/m1/s1. The van der Waals surface area contributed by atoms with Crippen molar-refractivity contribution in [2.75, 3.05) is 57.8 Å². The summed E-state index contributed by atoms with van der Waals surface area (Å²) >= 11 is 0. The molecule has 5 rings (SSSR count). The zero-order valence-corrected chi connectivity index (χ0v) is 19.4. The van der Waals surface area contributed by atoms with Crippen LogP contribution < -0.4 is 10.2 Å². The summed E-state index contributed by atoms with van der Waals surface area (Å²) in [6.07, 6.45) is 5.01. The van der Waals surface area contributed by atoms with Crippen LogP contribution in [-0.2, 0) is 0 Å². The maximum Gasteiger partial charge on any atom is 0.255 e. The van der Waals surface area contributed by atoms with Crippen molar-refractivity contribution in [1.82, 2.24) is 24.7 Å². The van der Waals surface area contributed by atoms with Crippen molar-refractivity contribution in [3.05, 3.63) is 65.5 Å². The molecule has 2 aromatic heterocycles. The molecule has 3 aromatic rings. The molecule has 1 atom stereocenters. The van der Waals surface area contributed by atoms with E-state index in [0.29, 0.717) is 23.2 Å². The van der Waals surface area contributed by atoms with E-state index in [1.807, 2.05) is 18.3 Å². The minimum Gasteiger partial charge on any atom is -0.364 e. The monoisotopic (exact) mass is 468 g/mol. The van der Waals surface area contributed by atoms with Gasteiger partial charge < -0.3 is 15.1 Å². The molecule has 1 aromatic carbocycles. The Labute approximate surface area is 197 Å². The summed E-state index contributed by atoms with van der Waals surface area (Å²) < 4.78 is 30.0. The van der Waals surface area contributed by atoms with Crippen molar-refractivity contribution in [1.29, 1.82) is 0 Å². The minimum atomic E-state index is -0.440. The van der Waals surface area contributed by atoms with Gasteiger partial charge in [0.05, 0.1) is 23.3 Å². The van der Waals surface area contributed by atoms with Gasteiger partial charge in [0.1, 0.15) is 11.6 Å². The molecule has 34 heavy (non-hydrogen) atoms. The molecule has 0 radical (unpaired) electrons. The van der Waals surface area contributed by atoms with Gasteiger partial charge in [0.2, 0.25) is 0 Å². The Morgan fingerprint density at radius 2 is 1.94 bits per heavy atom. The van der Waals surface area contributed by atoms with Gasteiger partial charge in [-0.3, -0.25) is 9.69 Å². The van der Waals surface area contributed by atoms with Crippen LogP contribution in [0.15, 0.2) is 42.7 Å². The first-order valence-corrected chi connectivity index (χ1v) is 11.9. The second kappa shape index (κ2) is 9.68. The summed E-state index contributed by atoms with van der Waals surface area (Å²) in [5.41, 5.74) is 2.44. The average molecular weight is 469 g/mol. The third-order valence-corrected chi connectivity index (χ3v) is 6.96. The third kappa shape index (κ3) is 4.63. The van der Waals surface area contributed by atoms with Gasteiger partial charge in [-0.2, -0.15) is 5.10 Å². The number of nitrogens with zero attached hydrogens (tertiary/aromatic N) is 5. The number of anilines is 1. The van der Waals surface area contributed by atoms with Crippen molar-refractivity contribution >= 4 is 17.1 Å². The maximum atomic E-state index is 14.5. The van der Waals surface area contributed by atoms with Gasteiger partial charge in [0.15, 0.2) is 0 Å². The van der Waals surface area contributed by atoms with E-state index in [1.54, 1.807) is 10.7 Å². The van der Waals surface area contributed by atoms with E-state index in [2.05, 4.69) is 32.2 Å². The van der Waals surface area contributed by atoms with Crippen molar-refractivity contribution in [3.63, 3.8) is 0 Å². The summed E-state index contributed by atoms with van der Waals surface area (Å²) in [5.74, 6) is -0.996. The van der Waals surface area contributed by atoms with Crippen LogP contribution in [0.1, 0.15) is 34.8 Å². The highest BCUT2D eigenvalue weighted by Crippen LogP contribution is 2.38. The quantitative estimate of drug-likeness (QED) is 0.603. The number of nitrogens with one attached hydrogen (secondary N) is 1. The lowest BCUT2D eigenvalue weighted by Crippen LogP contribution is -2.46. The molecule has 2 saturated heterocycles. The van der Waals surface area contributed by atoms with Crippen molar-refractivity contribution in [3.8, 4) is 0 Å². The van der Waals surface area contributed by atoms with Gasteiger partial charge in [0, 0.05) is 63.3 Å². The lowest BCUT2D eigenvalue weighted by Gasteiger charge is -2.32. The van der Waals surface area contributed by atoms with Gasteiger partial charge in [-0.1, -0.05) is 0 Å². The Kier molecular flexibility index (Phi) is 6.47. The topological polar surface area (TPSA) is 56.1 Å². The molecule has 1 N–H and O–H groups in total. The van der Waals surface area contributed by atoms with Crippen molar-refractivity contribution in [2.45, 2.75) is 18.9 Å². The van der Waals surface area contributed by atoms with E-state index >= 15 is 0 Å². The first-order chi connectivity index (χ1) is 16.5. The molecule has 0 aliphatic carbocycles. The molecule has 9 heteroatoms. The van der Waals surface area contributed by atoms with Gasteiger partial charge >= 0.3 is 0 Å². The van der Waals surface area contributed by atoms with Crippen LogP contribution in [0, 0.1) is 11.6 Å². The minimum absolute atomic E-state index is 0.157. The number of piperazine rings is 1. The zero-order valence-electron chi connectivity index (χ0n) is 19.4. The predicted octanol–water partition coefficient (Wildman–Crippen LogP) is 2.93. The number of pyridine rings is 1. The molecule has 0 unspecified atom stereocenters. The van der Waals surface area contributed by atoms with Crippen molar-refractivity contribution < 1.29 is 13.6 Å². The van der Waals surface area contributed by atoms with Gasteiger partial charge in [-0.15, -0.1) is 0 Å². The zero-order chi connectivity index (χ0) is 23.7. The fraction of sp³-hybridized carbons (Fsp3) is 0.440. The normalized spacial score (nSPS) is 19.7. The summed E-state index contributed by atoms with van der Waals surface area (Å²) in [5, 5.41) is 7.35. The van der Waals surface area contributed by atoms with E-state index in [4.69, 9.17) is 0 Å². The van der Waals surface area contributed by atoms with Gasteiger partial charge in [-0.25, -0.2) is 13.3 Å². The van der Waals surface area contributed by atoms with E-state index in [0.717, 1.165) is 63.9 Å². The van der Waals surface area contributed by atoms with Gasteiger partial charge in [0.25, 0.3) is 5.91 Å². The Balaban J connectivity index is 1.31. The summed E-state index contributed by atoms with van der Waals surface area (Å²) in [6, 6.07) is 7.19. The van der Waals surface area contributed by atoms with Crippen LogP contribution >= 0.6 is 0 Å². The number of halogens is 2. The number of benzene rings is 1. The number of amides is 1. The number of hydrogen-bond acceptors (Lipinski definition) is 5. The summed E-state index contributed by atoms with van der Waals surface area (Å²) in [4.78, 5) is 19.7. The second-order valence-electron chi connectivity index (χ2n) is 9.19. The number of carbonyl (C=O) groups is 1. The van der Waals surface area contributed by atoms with E-state index < -0.39 is 11.6 Å². The van der Waals surface area contributed by atoms with Crippen LogP contribution in [0.25, 0.3) is 5.52 Å². The second-order valence-corrected chi connectivity index (χ2v) is 9.19. The lowest BCUT2D eigenvalue weighted by molar-refractivity contribution is 0.0942. The van der Waals surface area contributed by atoms with Crippen LogP contribution in [0.5, 0.6) is 0 Å². The van der Waals surface area contributed by atoms with Crippen LogP contribution in [0.4, 0.5) is 14.5 Å². The molecule has 2 aliphatic rings. The predicted molar refractivity (Wildman–Crippen MR) is 127 cm³/mol. The Bertz CT molecular complexity index is 1170. The fourth-order valence-corrected chi connectivity index (χ4v) is 4.99. The smallest absolute Gasteiger partial charge is 0.255 e. The average Bonchev–Trinajstić information content (AvgIpc) is 3.49. The van der Waals surface area contributed by atoms with E-state index in [9.17, 15) is 13.6 Å². The maximum absolute atomic E-state index is 14.5. The number of rotatable bonds is 6. The van der Waals surface area contributed by atoms with Crippen LogP contribution in [0.3, 0.4) is 0 Å². The molecule has 0 bridgehead atoms. The number of likely N-dealkylation sites (N-methyl/N-ethyl adjacent to an activating group) is 1. The molecular weight excluding hydrogens is 438 g/mol. The highest BCUT2D eigenvalue weighted by atomic mass is 19.1. The number of carbonyl (C=O) groups excluding carboxylic acids is 1. The molecule has 180 valence electrons. The Morgan fingerprint density at radius 3 is 2.76 bits per heavy atom. The molecule has 0 saturated carbocycles. The molecule has 1 amide bonds. The fourth-order valence-electron chi connectivity index (χ4n) is 4.99. The number of fused-ring (bicyclic) bond motifs is 1. The Hall–Kier alpha value is -3.04. The first kappa shape index (κ1) is 22.7. The molecule has 2 fully saturated rings. The first-order valence-electron chi connectivity index (χ1n) is 11.9. The lowest BCUT2D eigenvalue weighted by atomic mass is 10.0. The number of aromatic nitrogens is 2. The summed E-state index contributed by atoms with van der Waals surface area (Å²) in [7, 11) is 2.12. The Morgan fingerprint density at radius 1 is 1.12 bits per heavy atom. The molecular formula is C25H30F2N6O. The molecule has 2 aliphatic heterocycles. The molecule has 7 nitrogen and oxygen atoms in total.